The molecule has 0 heterocycles. The van der Waals surface area contributed by atoms with E-state index in [-0.39, 0.29) is 23.9 Å². The minimum atomic E-state index is -0.510. The maximum atomic E-state index is 12.3. The normalized spacial score (nSPS) is 17.6. The number of hydrogen-bond acceptors (Lipinski definition) is 3. The predicted octanol–water partition coefficient (Wildman–Crippen LogP) is 3.22. The molecule has 1 aromatic carbocycles. The molecule has 1 amide bonds. The van der Waals surface area contributed by atoms with Gasteiger partial charge in [-0.1, -0.05) is 56.5 Å². The summed E-state index contributed by atoms with van der Waals surface area (Å²) in [5.41, 5.74) is 6.96. The van der Waals surface area contributed by atoms with Crippen molar-refractivity contribution in [1.29, 1.82) is 0 Å². The van der Waals surface area contributed by atoms with E-state index in [9.17, 15) is 4.79 Å². The summed E-state index contributed by atoms with van der Waals surface area (Å²) < 4.78 is 6.11. The monoisotopic (exact) mass is 354 g/mol. The van der Waals surface area contributed by atoms with Crippen LogP contribution in [0, 0.1) is 0 Å². The lowest BCUT2D eigenvalue weighted by atomic mass is 9.84. The van der Waals surface area contributed by atoms with Gasteiger partial charge in [0.25, 0.3) is 0 Å². The second-order valence-electron chi connectivity index (χ2n) is 6.61. The standard InChI is InChI=1S/C19H30N2O2.ClH/c1-2-13-23-19(11-7-4-8-12-19)15-21-18(22)17(20)14-16-9-5-3-6-10-16;/h3,5-6,9-10,17H,2,4,7-8,11-15,20H2,1H3,(H,21,22);1H/t17-;/m0./s1. The Hall–Kier alpha value is -1.10. The molecule has 0 saturated heterocycles. The molecular formula is C19H31ClN2O2. The van der Waals surface area contributed by atoms with E-state index in [0.717, 1.165) is 31.4 Å². The molecular weight excluding hydrogens is 324 g/mol. The predicted molar refractivity (Wildman–Crippen MR) is 100 cm³/mol. The van der Waals surface area contributed by atoms with Crippen molar-refractivity contribution >= 4 is 18.3 Å². The molecule has 1 atom stereocenters. The SMILES string of the molecule is CCCOC1(CNC(=O)[C@@H](N)Cc2ccccc2)CCCCC1.Cl. The lowest BCUT2D eigenvalue weighted by Gasteiger charge is -2.37. The summed E-state index contributed by atoms with van der Waals surface area (Å²) in [6.07, 6.45) is 7.24. The summed E-state index contributed by atoms with van der Waals surface area (Å²) in [7, 11) is 0. The van der Waals surface area contributed by atoms with Crippen molar-refractivity contribution in [3.8, 4) is 0 Å². The van der Waals surface area contributed by atoms with Crippen molar-refractivity contribution in [2.45, 2.75) is 63.5 Å². The van der Waals surface area contributed by atoms with Crippen molar-refractivity contribution in [2.75, 3.05) is 13.2 Å². The van der Waals surface area contributed by atoms with Crippen molar-refractivity contribution < 1.29 is 9.53 Å². The molecule has 0 aromatic heterocycles. The van der Waals surface area contributed by atoms with Gasteiger partial charge in [0.2, 0.25) is 5.91 Å². The van der Waals surface area contributed by atoms with Gasteiger partial charge in [0.1, 0.15) is 0 Å². The minimum absolute atomic E-state index is 0. The number of hydrogen-bond donors (Lipinski definition) is 2. The number of rotatable bonds is 8. The smallest absolute Gasteiger partial charge is 0.237 e. The maximum absolute atomic E-state index is 12.3. The number of amides is 1. The Morgan fingerprint density at radius 1 is 1.25 bits per heavy atom. The third-order valence-corrected chi connectivity index (χ3v) is 4.60. The van der Waals surface area contributed by atoms with Crippen LogP contribution < -0.4 is 11.1 Å². The topological polar surface area (TPSA) is 64.3 Å². The van der Waals surface area contributed by atoms with Crippen LogP contribution in [0.2, 0.25) is 0 Å². The average Bonchev–Trinajstić information content (AvgIpc) is 2.60. The second-order valence-corrected chi connectivity index (χ2v) is 6.61. The molecule has 0 radical (unpaired) electrons. The highest BCUT2D eigenvalue weighted by atomic mass is 35.5. The first-order chi connectivity index (χ1) is 11.2. The number of nitrogens with two attached hydrogens (primary N) is 1. The van der Waals surface area contributed by atoms with Gasteiger partial charge in [-0.05, 0) is 31.2 Å². The Bertz CT molecular complexity index is 476. The largest absolute Gasteiger partial charge is 0.373 e. The van der Waals surface area contributed by atoms with Crippen LogP contribution in [0.3, 0.4) is 0 Å². The Balaban J connectivity index is 0.00000288. The highest BCUT2D eigenvalue weighted by molar-refractivity contribution is 5.85. The summed E-state index contributed by atoms with van der Waals surface area (Å²) in [4.78, 5) is 12.3. The van der Waals surface area contributed by atoms with Gasteiger partial charge in [-0.3, -0.25) is 4.79 Å². The van der Waals surface area contributed by atoms with Crippen LogP contribution in [0.1, 0.15) is 51.0 Å². The van der Waals surface area contributed by atoms with Gasteiger partial charge < -0.3 is 15.8 Å². The van der Waals surface area contributed by atoms with Crippen LogP contribution in [0.25, 0.3) is 0 Å². The number of nitrogens with one attached hydrogen (secondary N) is 1. The van der Waals surface area contributed by atoms with Crippen molar-refractivity contribution in [1.82, 2.24) is 5.32 Å². The average molecular weight is 355 g/mol. The zero-order chi connectivity index (χ0) is 16.5. The molecule has 1 saturated carbocycles. The highest BCUT2D eigenvalue weighted by Crippen LogP contribution is 2.31. The van der Waals surface area contributed by atoms with E-state index in [2.05, 4.69) is 12.2 Å². The quantitative estimate of drug-likeness (QED) is 0.753. The molecule has 4 nitrogen and oxygen atoms in total. The van der Waals surface area contributed by atoms with E-state index in [1.807, 2.05) is 30.3 Å². The summed E-state index contributed by atoms with van der Waals surface area (Å²) in [6, 6.07) is 9.39. The molecule has 1 aromatic rings. The van der Waals surface area contributed by atoms with E-state index in [0.29, 0.717) is 13.0 Å². The van der Waals surface area contributed by atoms with Crippen molar-refractivity contribution in [3.63, 3.8) is 0 Å². The van der Waals surface area contributed by atoms with E-state index >= 15 is 0 Å². The lowest BCUT2D eigenvalue weighted by Crippen LogP contribution is -2.50. The summed E-state index contributed by atoms with van der Waals surface area (Å²) in [5.74, 6) is -0.0844. The van der Waals surface area contributed by atoms with Gasteiger partial charge >= 0.3 is 0 Å². The van der Waals surface area contributed by atoms with Crippen LogP contribution in [0.4, 0.5) is 0 Å². The van der Waals surface area contributed by atoms with Gasteiger partial charge in [0, 0.05) is 13.2 Å². The van der Waals surface area contributed by atoms with Crippen LogP contribution >= 0.6 is 12.4 Å². The highest BCUT2D eigenvalue weighted by Gasteiger charge is 2.33. The van der Waals surface area contributed by atoms with Gasteiger partial charge in [-0.25, -0.2) is 0 Å². The van der Waals surface area contributed by atoms with E-state index in [4.69, 9.17) is 10.5 Å². The Labute approximate surface area is 151 Å². The number of carbonyl (C=O) groups excluding carboxylic acids is 1. The van der Waals surface area contributed by atoms with E-state index in [1.54, 1.807) is 0 Å². The van der Waals surface area contributed by atoms with E-state index in [1.165, 1.54) is 19.3 Å². The summed E-state index contributed by atoms with van der Waals surface area (Å²) >= 11 is 0. The molecule has 24 heavy (non-hydrogen) atoms. The molecule has 0 aliphatic heterocycles. The fourth-order valence-corrected chi connectivity index (χ4v) is 3.23. The van der Waals surface area contributed by atoms with Crippen LogP contribution in [0.5, 0.6) is 0 Å². The summed E-state index contributed by atoms with van der Waals surface area (Å²) in [6.45, 7) is 3.45. The summed E-state index contributed by atoms with van der Waals surface area (Å²) in [5, 5.41) is 3.03. The number of carbonyl (C=O) groups is 1. The minimum Gasteiger partial charge on any atom is -0.373 e. The lowest BCUT2D eigenvalue weighted by molar-refractivity contribution is -0.125. The molecule has 2 rings (SSSR count). The molecule has 0 spiro atoms. The molecule has 136 valence electrons. The molecule has 1 fully saturated rings. The zero-order valence-corrected chi connectivity index (χ0v) is 15.4. The third-order valence-electron chi connectivity index (χ3n) is 4.60. The fourth-order valence-electron chi connectivity index (χ4n) is 3.23. The van der Waals surface area contributed by atoms with Crippen LogP contribution in [0.15, 0.2) is 30.3 Å². The Kier molecular flexibility index (Phi) is 9.34. The maximum Gasteiger partial charge on any atom is 0.237 e. The number of halogens is 1. The Morgan fingerprint density at radius 3 is 2.54 bits per heavy atom. The molecule has 5 heteroatoms. The first-order valence-electron chi connectivity index (χ1n) is 8.86. The molecule has 0 bridgehead atoms. The fraction of sp³-hybridized carbons (Fsp3) is 0.632. The first kappa shape index (κ1) is 20.9. The zero-order valence-electron chi connectivity index (χ0n) is 14.6. The second kappa shape index (κ2) is 10.7. The molecule has 1 aliphatic rings. The van der Waals surface area contributed by atoms with Gasteiger partial charge in [0.05, 0.1) is 11.6 Å². The van der Waals surface area contributed by atoms with Gasteiger partial charge in [-0.15, -0.1) is 12.4 Å². The van der Waals surface area contributed by atoms with Gasteiger partial charge in [0.15, 0.2) is 0 Å². The number of ether oxygens (including phenoxy) is 1. The third kappa shape index (κ3) is 6.42. The van der Waals surface area contributed by atoms with Crippen molar-refractivity contribution in [2.24, 2.45) is 5.73 Å². The Morgan fingerprint density at radius 2 is 1.92 bits per heavy atom. The first-order valence-corrected chi connectivity index (χ1v) is 8.86. The molecule has 3 N–H and O–H groups in total. The van der Waals surface area contributed by atoms with Gasteiger partial charge in [-0.2, -0.15) is 0 Å². The molecule has 1 aliphatic carbocycles. The van der Waals surface area contributed by atoms with Crippen LogP contribution in [-0.2, 0) is 16.0 Å². The van der Waals surface area contributed by atoms with E-state index < -0.39 is 6.04 Å². The van der Waals surface area contributed by atoms with Crippen LogP contribution in [-0.4, -0.2) is 30.7 Å². The molecule has 0 unspecified atom stereocenters. The van der Waals surface area contributed by atoms with Crippen molar-refractivity contribution in [3.05, 3.63) is 35.9 Å². The number of benzene rings is 1.